The quantitative estimate of drug-likeness (QED) is 0.846. The van der Waals surface area contributed by atoms with Crippen LogP contribution in [-0.2, 0) is 13.0 Å². The molecule has 0 aliphatic rings. The molecule has 0 saturated heterocycles. The van der Waals surface area contributed by atoms with Crippen LogP contribution < -0.4 is 10.1 Å². The van der Waals surface area contributed by atoms with E-state index in [2.05, 4.69) is 45.0 Å². The molecule has 104 valence electrons. The molecule has 1 atom stereocenters. The summed E-state index contributed by atoms with van der Waals surface area (Å²) in [5.41, 5.74) is 1.37. The first-order chi connectivity index (χ1) is 8.37. The van der Waals surface area contributed by atoms with Crippen LogP contribution in [0, 0.1) is 5.92 Å². The maximum Gasteiger partial charge on any atom is 0.159 e. The average molecular weight is 253 g/mol. The lowest BCUT2D eigenvalue weighted by atomic mass is 10.0. The third kappa shape index (κ3) is 4.33. The van der Waals surface area contributed by atoms with Crippen LogP contribution in [0.25, 0.3) is 0 Å². The number of methoxy groups -OCH3 is 1. The molecule has 0 saturated carbocycles. The van der Waals surface area contributed by atoms with Gasteiger partial charge in [-0.05, 0) is 46.6 Å². The molecule has 0 aromatic carbocycles. The molecule has 1 N–H and O–H groups in total. The molecule has 0 bridgehead atoms. The Morgan fingerprint density at radius 3 is 2.61 bits per heavy atom. The number of aromatic nitrogens is 2. The predicted octanol–water partition coefficient (Wildman–Crippen LogP) is 2.48. The first kappa shape index (κ1) is 15.0. The van der Waals surface area contributed by atoms with Crippen molar-refractivity contribution in [1.29, 1.82) is 0 Å². The Kier molecular flexibility index (Phi) is 5.20. The number of ether oxygens (including phenoxy) is 1. The Balaban J connectivity index is 2.63. The molecule has 0 spiro atoms. The molecule has 1 rings (SSSR count). The molecule has 1 heterocycles. The van der Waals surface area contributed by atoms with Crippen molar-refractivity contribution >= 4 is 0 Å². The van der Waals surface area contributed by atoms with Gasteiger partial charge in [-0.3, -0.25) is 4.68 Å². The smallest absolute Gasteiger partial charge is 0.159 e. The third-order valence-corrected chi connectivity index (χ3v) is 2.95. The molecule has 4 nitrogen and oxygen atoms in total. The van der Waals surface area contributed by atoms with Crippen molar-refractivity contribution < 1.29 is 4.74 Å². The molecule has 1 aromatic heterocycles. The lowest BCUT2D eigenvalue weighted by Crippen LogP contribution is -2.39. The standard InChI is InChI=1S/C14H27N3O/c1-7-17-12(13(18-6)10-16-17)8-11(2)9-15-14(3,4)5/h10-11,15H,7-9H2,1-6H3. The lowest BCUT2D eigenvalue weighted by molar-refractivity contribution is 0.368. The summed E-state index contributed by atoms with van der Waals surface area (Å²) in [4.78, 5) is 0. The summed E-state index contributed by atoms with van der Waals surface area (Å²) in [5.74, 6) is 1.46. The van der Waals surface area contributed by atoms with E-state index in [-0.39, 0.29) is 5.54 Å². The Bertz CT molecular complexity index is 344. The Morgan fingerprint density at radius 2 is 2.11 bits per heavy atom. The van der Waals surface area contributed by atoms with Crippen molar-refractivity contribution in [3.05, 3.63) is 11.9 Å². The highest BCUT2D eigenvalue weighted by Crippen LogP contribution is 2.21. The molecule has 1 unspecified atom stereocenters. The molecule has 0 aliphatic heterocycles. The summed E-state index contributed by atoms with van der Waals surface area (Å²) in [6, 6.07) is 0. The topological polar surface area (TPSA) is 39.1 Å². The predicted molar refractivity (Wildman–Crippen MR) is 75.1 cm³/mol. The van der Waals surface area contributed by atoms with Gasteiger partial charge in [-0.15, -0.1) is 0 Å². The van der Waals surface area contributed by atoms with Gasteiger partial charge in [-0.2, -0.15) is 5.10 Å². The van der Waals surface area contributed by atoms with Crippen LogP contribution in [-0.4, -0.2) is 29.0 Å². The minimum atomic E-state index is 0.170. The van der Waals surface area contributed by atoms with E-state index in [9.17, 15) is 0 Å². The third-order valence-electron chi connectivity index (χ3n) is 2.95. The van der Waals surface area contributed by atoms with Crippen LogP contribution in [0.1, 0.15) is 40.3 Å². The van der Waals surface area contributed by atoms with Crippen molar-refractivity contribution in [3.8, 4) is 5.75 Å². The zero-order valence-electron chi connectivity index (χ0n) is 12.6. The fourth-order valence-electron chi connectivity index (χ4n) is 1.93. The first-order valence-corrected chi connectivity index (χ1v) is 6.71. The average Bonchev–Trinajstić information content (AvgIpc) is 2.67. The fraction of sp³-hybridized carbons (Fsp3) is 0.786. The minimum absolute atomic E-state index is 0.170. The van der Waals surface area contributed by atoms with Gasteiger partial charge in [-0.25, -0.2) is 0 Å². The van der Waals surface area contributed by atoms with Gasteiger partial charge in [0.15, 0.2) is 5.75 Å². The summed E-state index contributed by atoms with van der Waals surface area (Å²) >= 11 is 0. The summed E-state index contributed by atoms with van der Waals surface area (Å²) < 4.78 is 7.39. The van der Waals surface area contributed by atoms with Crippen LogP contribution in [0.15, 0.2) is 6.20 Å². The van der Waals surface area contributed by atoms with Crippen LogP contribution in [0.5, 0.6) is 5.75 Å². The van der Waals surface area contributed by atoms with Crippen molar-refractivity contribution in [2.75, 3.05) is 13.7 Å². The van der Waals surface area contributed by atoms with Gasteiger partial charge < -0.3 is 10.1 Å². The van der Waals surface area contributed by atoms with Gasteiger partial charge in [0.1, 0.15) is 0 Å². The van der Waals surface area contributed by atoms with E-state index >= 15 is 0 Å². The van der Waals surface area contributed by atoms with Crippen molar-refractivity contribution in [3.63, 3.8) is 0 Å². The molecule has 1 aromatic rings. The molecule has 0 fully saturated rings. The number of hydrogen-bond acceptors (Lipinski definition) is 3. The normalized spacial score (nSPS) is 13.7. The van der Waals surface area contributed by atoms with Gasteiger partial charge in [0.05, 0.1) is 19.0 Å². The zero-order valence-corrected chi connectivity index (χ0v) is 12.6. The molecule has 0 amide bonds. The van der Waals surface area contributed by atoms with Crippen LogP contribution in [0.2, 0.25) is 0 Å². The zero-order chi connectivity index (χ0) is 13.8. The maximum absolute atomic E-state index is 5.37. The second kappa shape index (κ2) is 6.23. The highest BCUT2D eigenvalue weighted by molar-refractivity contribution is 5.25. The van der Waals surface area contributed by atoms with Crippen molar-refractivity contribution in [1.82, 2.24) is 15.1 Å². The fourth-order valence-corrected chi connectivity index (χ4v) is 1.93. The summed E-state index contributed by atoms with van der Waals surface area (Å²) in [6.07, 6.45) is 2.79. The number of rotatable bonds is 6. The SMILES string of the molecule is CCn1ncc(OC)c1CC(C)CNC(C)(C)C. The Labute approximate surface area is 111 Å². The van der Waals surface area contributed by atoms with E-state index in [0.717, 1.165) is 25.3 Å². The summed E-state index contributed by atoms with van der Waals surface area (Å²) in [5, 5.41) is 7.88. The second-order valence-electron chi connectivity index (χ2n) is 5.92. The van der Waals surface area contributed by atoms with E-state index in [0.29, 0.717) is 5.92 Å². The number of hydrogen-bond donors (Lipinski definition) is 1. The maximum atomic E-state index is 5.37. The summed E-state index contributed by atoms with van der Waals surface area (Å²) in [6.45, 7) is 12.8. The van der Waals surface area contributed by atoms with Crippen molar-refractivity contribution in [2.24, 2.45) is 5.92 Å². The van der Waals surface area contributed by atoms with E-state index < -0.39 is 0 Å². The highest BCUT2D eigenvalue weighted by Gasteiger charge is 2.16. The number of nitrogens with one attached hydrogen (secondary N) is 1. The van der Waals surface area contributed by atoms with Crippen LogP contribution >= 0.6 is 0 Å². The molecular formula is C14H27N3O. The van der Waals surface area contributed by atoms with Crippen LogP contribution in [0.3, 0.4) is 0 Å². The Morgan fingerprint density at radius 1 is 1.44 bits per heavy atom. The van der Waals surface area contributed by atoms with Gasteiger partial charge in [-0.1, -0.05) is 6.92 Å². The van der Waals surface area contributed by atoms with Gasteiger partial charge in [0.2, 0.25) is 0 Å². The van der Waals surface area contributed by atoms with Gasteiger partial charge >= 0.3 is 0 Å². The molecule has 0 aliphatic carbocycles. The van der Waals surface area contributed by atoms with Crippen LogP contribution in [0.4, 0.5) is 0 Å². The van der Waals surface area contributed by atoms with E-state index in [4.69, 9.17) is 4.74 Å². The van der Waals surface area contributed by atoms with E-state index in [1.165, 1.54) is 5.69 Å². The van der Waals surface area contributed by atoms with Crippen molar-refractivity contribution in [2.45, 2.75) is 53.1 Å². The van der Waals surface area contributed by atoms with E-state index in [1.807, 2.05) is 10.9 Å². The Hall–Kier alpha value is -1.03. The largest absolute Gasteiger partial charge is 0.493 e. The molecule has 4 heteroatoms. The number of nitrogens with zero attached hydrogens (tertiary/aromatic N) is 2. The monoisotopic (exact) mass is 253 g/mol. The minimum Gasteiger partial charge on any atom is -0.493 e. The van der Waals surface area contributed by atoms with E-state index in [1.54, 1.807) is 7.11 Å². The highest BCUT2D eigenvalue weighted by atomic mass is 16.5. The first-order valence-electron chi connectivity index (χ1n) is 6.71. The molecular weight excluding hydrogens is 226 g/mol. The lowest BCUT2D eigenvalue weighted by Gasteiger charge is -2.23. The van der Waals surface area contributed by atoms with Gasteiger partial charge in [0.25, 0.3) is 0 Å². The molecule has 18 heavy (non-hydrogen) atoms. The summed E-state index contributed by atoms with van der Waals surface area (Å²) in [7, 11) is 1.71. The number of aryl methyl sites for hydroxylation is 1. The molecule has 0 radical (unpaired) electrons. The van der Waals surface area contributed by atoms with Gasteiger partial charge in [0, 0.05) is 12.1 Å². The second-order valence-corrected chi connectivity index (χ2v) is 5.92.